The summed E-state index contributed by atoms with van der Waals surface area (Å²) in [5, 5.41) is 21.6. The average molecular weight is 141 g/mol. The van der Waals surface area contributed by atoms with Crippen LogP contribution in [0.1, 0.15) is 17.0 Å². The van der Waals surface area contributed by atoms with Gasteiger partial charge in [0.2, 0.25) is 5.69 Å². The van der Waals surface area contributed by atoms with Crippen molar-refractivity contribution in [2.75, 3.05) is 0 Å². The largest absolute Gasteiger partial charge is 0.758 e. The van der Waals surface area contributed by atoms with Crippen molar-refractivity contribution in [3.63, 3.8) is 0 Å². The Morgan fingerprint density at radius 1 is 1.30 bits per heavy atom. The van der Waals surface area contributed by atoms with Gasteiger partial charge in [0.1, 0.15) is 0 Å². The lowest BCUT2D eigenvalue weighted by Gasteiger charge is -2.06. The molecule has 0 saturated heterocycles. The van der Waals surface area contributed by atoms with Crippen molar-refractivity contribution >= 4 is 0 Å². The summed E-state index contributed by atoms with van der Waals surface area (Å²) in [4.78, 5) is 0.704. The van der Waals surface area contributed by atoms with Crippen LogP contribution in [0, 0.1) is 31.2 Å². The second kappa shape index (κ2) is 1.90. The van der Waals surface area contributed by atoms with E-state index < -0.39 is 0 Å². The van der Waals surface area contributed by atoms with Gasteiger partial charge in [0.15, 0.2) is 0 Å². The molecular weight excluding hydrogens is 132 g/mol. The monoisotopic (exact) mass is 141 g/mol. The first-order valence-corrected chi connectivity index (χ1v) is 3.01. The van der Waals surface area contributed by atoms with Gasteiger partial charge in [-0.05, 0) is 13.8 Å². The maximum atomic E-state index is 10.8. The predicted octanol–water partition coefficient (Wildman–Crippen LogP) is 0.393. The van der Waals surface area contributed by atoms with E-state index in [9.17, 15) is 10.4 Å². The van der Waals surface area contributed by atoms with Gasteiger partial charge in [0.05, 0.1) is 5.69 Å². The van der Waals surface area contributed by atoms with Gasteiger partial charge in [-0.25, -0.2) is 0 Å². The van der Waals surface area contributed by atoms with E-state index in [1.807, 2.05) is 0 Å². The van der Waals surface area contributed by atoms with Crippen LogP contribution in [-0.2, 0) is 0 Å². The maximum Gasteiger partial charge on any atom is 0.220 e. The molecule has 0 unspecified atom stereocenters. The third kappa shape index (κ3) is 0.650. The van der Waals surface area contributed by atoms with Crippen LogP contribution in [0.15, 0.2) is 0 Å². The van der Waals surface area contributed by atoms with Crippen LogP contribution in [0.25, 0.3) is 0 Å². The van der Waals surface area contributed by atoms with Gasteiger partial charge in [-0.3, -0.25) is 0 Å². The van der Waals surface area contributed by atoms with Crippen LogP contribution in [0.4, 0.5) is 0 Å². The molecule has 0 aliphatic rings. The lowest BCUT2D eigenvalue weighted by molar-refractivity contribution is -0.691. The molecule has 0 N–H and O–H groups in total. The highest BCUT2D eigenvalue weighted by atomic mass is 16.6. The Bertz CT molecular complexity index is 185. The predicted molar refractivity (Wildman–Crippen MR) is 36.4 cm³/mol. The third-order valence-corrected chi connectivity index (χ3v) is 1.82. The number of hydrogen-bond donors (Lipinski definition) is 0. The second-order valence-corrected chi connectivity index (χ2v) is 2.34. The molecule has 0 spiro atoms. The van der Waals surface area contributed by atoms with Crippen LogP contribution in [-0.4, -0.2) is 4.85 Å². The van der Waals surface area contributed by atoms with E-state index in [0.29, 0.717) is 21.1 Å². The van der Waals surface area contributed by atoms with E-state index in [-0.39, 0.29) is 0 Å². The molecule has 0 fully saturated rings. The molecule has 4 heteroatoms. The van der Waals surface area contributed by atoms with Gasteiger partial charge in [-0.15, -0.1) is 0 Å². The van der Waals surface area contributed by atoms with Crippen LogP contribution >= 0.6 is 0 Å². The summed E-state index contributed by atoms with van der Waals surface area (Å²) in [6.07, 6.45) is 0. The van der Waals surface area contributed by atoms with Gasteiger partial charge < -0.3 is 10.4 Å². The van der Waals surface area contributed by atoms with Crippen molar-refractivity contribution in [1.82, 2.24) is 4.85 Å². The number of hydrogen-bond acceptors (Lipinski definition) is 2. The van der Waals surface area contributed by atoms with Crippen LogP contribution in [0.3, 0.4) is 0 Å². The standard InChI is InChI=1S/C6H9N2O2/c1-4-5(2)7(9)8(10)6(4)3/h1-3H3/q-1. The lowest BCUT2D eigenvalue weighted by atomic mass is 10.2. The first kappa shape index (κ1) is 6.92. The second-order valence-electron chi connectivity index (χ2n) is 2.34. The van der Waals surface area contributed by atoms with Crippen LogP contribution < -0.4 is 4.85 Å². The van der Waals surface area contributed by atoms with E-state index in [1.165, 1.54) is 0 Å². The minimum atomic E-state index is 0.352. The quantitative estimate of drug-likeness (QED) is 0.387. The van der Waals surface area contributed by atoms with Crippen LogP contribution in [0.5, 0.6) is 0 Å². The fourth-order valence-corrected chi connectivity index (χ4v) is 0.821. The number of rotatable bonds is 0. The van der Waals surface area contributed by atoms with E-state index >= 15 is 0 Å². The zero-order valence-corrected chi connectivity index (χ0v) is 6.21. The Hall–Kier alpha value is -1.19. The molecule has 0 atom stereocenters. The number of nitrogens with zero attached hydrogens (tertiary/aromatic N) is 2. The molecule has 0 aromatic carbocycles. The van der Waals surface area contributed by atoms with Crippen molar-refractivity contribution < 1.29 is 4.85 Å². The molecule has 0 aliphatic heterocycles. The zero-order chi connectivity index (χ0) is 7.89. The molecule has 0 saturated carbocycles. The summed E-state index contributed by atoms with van der Waals surface area (Å²) in [7, 11) is 0. The Balaban J connectivity index is 3.44. The van der Waals surface area contributed by atoms with Crippen molar-refractivity contribution in [2.24, 2.45) is 0 Å². The fourth-order valence-electron chi connectivity index (χ4n) is 0.821. The normalized spacial score (nSPS) is 10.3. The molecule has 0 bridgehead atoms. The molecule has 1 rings (SSSR count). The molecule has 10 heavy (non-hydrogen) atoms. The maximum absolute atomic E-state index is 10.8. The summed E-state index contributed by atoms with van der Waals surface area (Å²) in [5.41, 5.74) is 1.73. The van der Waals surface area contributed by atoms with Crippen molar-refractivity contribution in [2.45, 2.75) is 20.8 Å². The van der Waals surface area contributed by atoms with Gasteiger partial charge in [-0.1, -0.05) is 4.85 Å². The fraction of sp³-hybridized carbons (Fsp3) is 0.500. The van der Waals surface area contributed by atoms with Gasteiger partial charge >= 0.3 is 0 Å². The van der Waals surface area contributed by atoms with Crippen molar-refractivity contribution in [1.29, 1.82) is 0 Å². The third-order valence-electron chi connectivity index (χ3n) is 1.82. The minimum Gasteiger partial charge on any atom is -0.758 e. The Morgan fingerprint density at radius 3 is 1.90 bits per heavy atom. The molecule has 0 amide bonds. The molecular formula is C6H9N2O2-. The van der Waals surface area contributed by atoms with Gasteiger partial charge in [0, 0.05) is 12.5 Å². The lowest BCUT2D eigenvalue weighted by Crippen LogP contribution is -2.37. The average Bonchev–Trinajstić information content (AvgIpc) is 2.07. The summed E-state index contributed by atoms with van der Waals surface area (Å²) >= 11 is 0. The SMILES string of the molecule is Cc1c(C)n([O-])[n+]([O-])c1C. The van der Waals surface area contributed by atoms with E-state index in [0.717, 1.165) is 5.56 Å². The summed E-state index contributed by atoms with van der Waals surface area (Å²) in [6, 6.07) is 0. The highest BCUT2D eigenvalue weighted by Gasteiger charge is 2.11. The molecule has 1 heterocycles. The molecule has 0 aliphatic carbocycles. The Kier molecular flexibility index (Phi) is 1.31. The number of aromatic nitrogens is 2. The zero-order valence-electron chi connectivity index (χ0n) is 6.21. The van der Waals surface area contributed by atoms with Gasteiger partial charge in [-0.2, -0.15) is 4.85 Å². The smallest absolute Gasteiger partial charge is 0.220 e. The minimum absolute atomic E-state index is 0.352. The Morgan fingerprint density at radius 2 is 1.80 bits per heavy atom. The highest BCUT2D eigenvalue weighted by molar-refractivity contribution is 5.18. The summed E-state index contributed by atoms with van der Waals surface area (Å²) in [5.74, 6) is 0. The molecule has 0 radical (unpaired) electrons. The van der Waals surface area contributed by atoms with Gasteiger partial charge in [0.25, 0.3) is 0 Å². The highest BCUT2D eigenvalue weighted by Crippen LogP contribution is 2.06. The van der Waals surface area contributed by atoms with Crippen molar-refractivity contribution in [3.05, 3.63) is 27.4 Å². The molecule has 56 valence electrons. The summed E-state index contributed by atoms with van der Waals surface area (Å²) < 4.78 is 0. The Labute approximate surface area is 58.8 Å². The molecule has 1 aromatic heterocycles. The van der Waals surface area contributed by atoms with Crippen LogP contribution in [0.2, 0.25) is 0 Å². The van der Waals surface area contributed by atoms with E-state index in [2.05, 4.69) is 0 Å². The molecule has 1 aromatic rings. The van der Waals surface area contributed by atoms with Crippen molar-refractivity contribution in [3.8, 4) is 0 Å². The molecule has 4 nitrogen and oxygen atoms in total. The van der Waals surface area contributed by atoms with E-state index in [1.54, 1.807) is 20.8 Å². The summed E-state index contributed by atoms with van der Waals surface area (Å²) in [6.45, 7) is 5.01. The van der Waals surface area contributed by atoms with E-state index in [4.69, 9.17) is 0 Å². The first-order chi connectivity index (χ1) is 4.55. The first-order valence-electron chi connectivity index (χ1n) is 3.01. The topological polar surface area (TPSA) is 54.9 Å².